The average Bonchev–Trinajstić information content (AvgIpc) is 2.41. The van der Waals surface area contributed by atoms with Gasteiger partial charge in [-0.05, 0) is 23.8 Å². The van der Waals surface area contributed by atoms with Crippen molar-refractivity contribution in [2.45, 2.75) is 13.2 Å². The van der Waals surface area contributed by atoms with Crippen LogP contribution in [0.3, 0.4) is 0 Å². The van der Waals surface area contributed by atoms with Crippen molar-refractivity contribution in [1.29, 1.82) is 0 Å². The molecule has 1 heterocycles. The van der Waals surface area contributed by atoms with E-state index in [2.05, 4.69) is 20.9 Å². The molecular formula is C13H11BrF2N2O. The normalized spacial score (nSPS) is 10.5. The smallest absolute Gasteiger partial charge is 0.200 e. The third-order valence-corrected chi connectivity index (χ3v) is 2.91. The van der Waals surface area contributed by atoms with Crippen LogP contribution in [0.2, 0.25) is 0 Å². The van der Waals surface area contributed by atoms with E-state index in [1.807, 2.05) is 6.07 Å². The minimum absolute atomic E-state index is 0.0532. The minimum atomic E-state index is -1.01. The van der Waals surface area contributed by atoms with Crippen LogP contribution in [0.5, 0.6) is 5.75 Å². The third-order valence-electron chi connectivity index (χ3n) is 2.46. The molecule has 2 N–H and O–H groups in total. The Hall–Kier alpha value is -1.53. The lowest BCUT2D eigenvalue weighted by Gasteiger charge is -2.08. The molecule has 0 amide bonds. The molecule has 2 rings (SSSR count). The van der Waals surface area contributed by atoms with Crippen LogP contribution >= 0.6 is 15.9 Å². The van der Waals surface area contributed by atoms with Gasteiger partial charge in [0.1, 0.15) is 6.61 Å². The number of hydrogen-bond acceptors (Lipinski definition) is 3. The van der Waals surface area contributed by atoms with Crippen LogP contribution in [0, 0.1) is 11.6 Å². The quantitative estimate of drug-likeness (QED) is 0.877. The zero-order chi connectivity index (χ0) is 13.8. The molecule has 0 aliphatic rings. The Morgan fingerprint density at radius 3 is 2.68 bits per heavy atom. The molecule has 19 heavy (non-hydrogen) atoms. The highest BCUT2D eigenvalue weighted by molar-refractivity contribution is 9.10. The first-order chi connectivity index (χ1) is 9.10. The molecule has 0 saturated heterocycles. The zero-order valence-electron chi connectivity index (χ0n) is 9.87. The Labute approximate surface area is 117 Å². The van der Waals surface area contributed by atoms with E-state index >= 15 is 0 Å². The van der Waals surface area contributed by atoms with Crippen LogP contribution < -0.4 is 10.5 Å². The van der Waals surface area contributed by atoms with Crippen molar-refractivity contribution < 1.29 is 13.5 Å². The molecule has 0 atom stereocenters. The van der Waals surface area contributed by atoms with E-state index in [0.717, 1.165) is 11.6 Å². The van der Waals surface area contributed by atoms with E-state index in [0.29, 0.717) is 16.7 Å². The summed E-state index contributed by atoms with van der Waals surface area (Å²) in [6.45, 7) is 0.456. The van der Waals surface area contributed by atoms with E-state index < -0.39 is 11.6 Å². The van der Waals surface area contributed by atoms with Crippen molar-refractivity contribution in [2.24, 2.45) is 5.73 Å². The number of nitrogens with zero attached hydrogens (tertiary/aromatic N) is 1. The molecule has 100 valence electrons. The molecule has 0 fully saturated rings. The van der Waals surface area contributed by atoms with Gasteiger partial charge in [0.25, 0.3) is 0 Å². The first-order valence-corrected chi connectivity index (χ1v) is 6.30. The van der Waals surface area contributed by atoms with Gasteiger partial charge >= 0.3 is 0 Å². The molecular weight excluding hydrogens is 318 g/mol. The number of ether oxygens (including phenoxy) is 1. The molecule has 0 radical (unpaired) electrons. The lowest BCUT2D eigenvalue weighted by atomic mass is 10.2. The Bertz CT molecular complexity index is 576. The Morgan fingerprint density at radius 1 is 1.26 bits per heavy atom. The van der Waals surface area contributed by atoms with Crippen molar-refractivity contribution >= 4 is 15.9 Å². The fraction of sp³-hybridized carbons (Fsp3) is 0.154. The van der Waals surface area contributed by atoms with E-state index in [1.54, 1.807) is 12.3 Å². The van der Waals surface area contributed by atoms with E-state index in [9.17, 15) is 8.78 Å². The molecule has 1 aromatic heterocycles. The predicted octanol–water partition coefficient (Wildman–Crippen LogP) is 3.16. The van der Waals surface area contributed by atoms with Crippen molar-refractivity contribution in [3.63, 3.8) is 0 Å². The van der Waals surface area contributed by atoms with Gasteiger partial charge in [0.15, 0.2) is 11.6 Å². The highest BCUT2D eigenvalue weighted by atomic mass is 79.9. The van der Waals surface area contributed by atoms with Crippen LogP contribution in [0.15, 0.2) is 34.9 Å². The fourth-order valence-corrected chi connectivity index (χ4v) is 1.86. The summed E-state index contributed by atoms with van der Waals surface area (Å²) in [6, 6.07) is 5.95. The summed E-state index contributed by atoms with van der Waals surface area (Å²) in [5.41, 5.74) is 6.95. The van der Waals surface area contributed by atoms with E-state index in [1.165, 1.54) is 6.07 Å². The van der Waals surface area contributed by atoms with Crippen molar-refractivity contribution in [2.75, 3.05) is 0 Å². The van der Waals surface area contributed by atoms with Crippen molar-refractivity contribution in [3.8, 4) is 5.75 Å². The maximum atomic E-state index is 13.4. The summed E-state index contributed by atoms with van der Waals surface area (Å²) in [5, 5.41) is 0. The second-order valence-electron chi connectivity index (χ2n) is 3.85. The minimum Gasteiger partial charge on any atom is -0.484 e. The molecule has 3 nitrogen and oxygen atoms in total. The lowest BCUT2D eigenvalue weighted by Crippen LogP contribution is -2.03. The van der Waals surface area contributed by atoms with Crippen LogP contribution in [0.4, 0.5) is 8.78 Å². The fourth-order valence-electron chi connectivity index (χ4n) is 1.45. The van der Waals surface area contributed by atoms with Gasteiger partial charge < -0.3 is 10.5 Å². The lowest BCUT2D eigenvalue weighted by molar-refractivity contribution is 0.280. The summed E-state index contributed by atoms with van der Waals surface area (Å²) in [6.07, 6.45) is 1.62. The van der Waals surface area contributed by atoms with Gasteiger partial charge in [0.05, 0.1) is 5.69 Å². The number of benzene rings is 1. The SMILES string of the molecule is NCc1ccc(COc2cc(Br)cc(F)c2F)nc1. The van der Waals surface area contributed by atoms with Gasteiger partial charge in [-0.1, -0.05) is 22.0 Å². The summed E-state index contributed by atoms with van der Waals surface area (Å²) < 4.78 is 32.2. The first-order valence-electron chi connectivity index (χ1n) is 5.51. The average molecular weight is 329 g/mol. The molecule has 0 aliphatic carbocycles. The second-order valence-corrected chi connectivity index (χ2v) is 4.77. The second kappa shape index (κ2) is 6.08. The Morgan fingerprint density at radius 2 is 2.05 bits per heavy atom. The van der Waals surface area contributed by atoms with Gasteiger partial charge in [-0.3, -0.25) is 4.98 Å². The van der Waals surface area contributed by atoms with Gasteiger partial charge in [-0.25, -0.2) is 4.39 Å². The van der Waals surface area contributed by atoms with Gasteiger partial charge in [0.2, 0.25) is 5.82 Å². The molecule has 0 unspecified atom stereocenters. The Balaban J connectivity index is 2.09. The van der Waals surface area contributed by atoms with Crippen LogP contribution in [-0.4, -0.2) is 4.98 Å². The third kappa shape index (κ3) is 3.48. The summed E-state index contributed by atoms with van der Waals surface area (Å²) >= 11 is 3.08. The highest BCUT2D eigenvalue weighted by Crippen LogP contribution is 2.25. The number of rotatable bonds is 4. The van der Waals surface area contributed by atoms with Crippen LogP contribution in [0.1, 0.15) is 11.3 Å². The number of halogens is 3. The van der Waals surface area contributed by atoms with E-state index in [-0.39, 0.29) is 12.4 Å². The van der Waals surface area contributed by atoms with Crippen LogP contribution in [0.25, 0.3) is 0 Å². The Kier molecular flexibility index (Phi) is 4.44. The molecule has 1 aromatic carbocycles. The molecule has 0 spiro atoms. The molecule has 0 saturated carbocycles. The number of aromatic nitrogens is 1. The highest BCUT2D eigenvalue weighted by Gasteiger charge is 2.11. The molecule has 2 aromatic rings. The van der Waals surface area contributed by atoms with Crippen LogP contribution in [-0.2, 0) is 13.2 Å². The predicted molar refractivity (Wildman–Crippen MR) is 70.5 cm³/mol. The van der Waals surface area contributed by atoms with Crippen molar-refractivity contribution in [1.82, 2.24) is 4.98 Å². The standard InChI is InChI=1S/C13H11BrF2N2O/c14-9-3-11(15)13(16)12(4-9)19-7-10-2-1-8(5-17)6-18-10/h1-4,6H,5,7,17H2. The van der Waals surface area contributed by atoms with Gasteiger partial charge in [0, 0.05) is 17.2 Å². The van der Waals surface area contributed by atoms with E-state index in [4.69, 9.17) is 10.5 Å². The molecule has 6 heteroatoms. The number of pyridine rings is 1. The van der Waals surface area contributed by atoms with Crippen molar-refractivity contribution in [3.05, 3.63) is 57.8 Å². The van der Waals surface area contributed by atoms with Gasteiger partial charge in [-0.2, -0.15) is 4.39 Å². The largest absolute Gasteiger partial charge is 0.484 e. The molecule has 0 aliphatic heterocycles. The maximum absolute atomic E-state index is 13.4. The van der Waals surface area contributed by atoms with Gasteiger partial charge in [-0.15, -0.1) is 0 Å². The number of nitrogens with two attached hydrogens (primary N) is 1. The monoisotopic (exact) mass is 328 g/mol. The molecule has 0 bridgehead atoms. The zero-order valence-corrected chi connectivity index (χ0v) is 11.5. The topological polar surface area (TPSA) is 48.1 Å². The number of hydrogen-bond donors (Lipinski definition) is 1. The summed E-state index contributed by atoms with van der Waals surface area (Å²) in [4.78, 5) is 4.11. The summed E-state index contributed by atoms with van der Waals surface area (Å²) in [5.74, 6) is -2.13. The first kappa shape index (κ1) is 13.9. The maximum Gasteiger partial charge on any atom is 0.200 e. The summed E-state index contributed by atoms with van der Waals surface area (Å²) in [7, 11) is 0.